The molecule has 0 aliphatic heterocycles. The molecule has 0 radical (unpaired) electrons. The summed E-state index contributed by atoms with van der Waals surface area (Å²) in [6.45, 7) is 0. The number of hydrogen-bond acceptors (Lipinski definition) is 3. The molecular formula is C9H8ClN3O. The van der Waals surface area contributed by atoms with Crippen molar-refractivity contribution < 1.29 is 4.79 Å². The van der Waals surface area contributed by atoms with Crippen LogP contribution in [0.3, 0.4) is 0 Å². The van der Waals surface area contributed by atoms with Gasteiger partial charge in [-0.1, -0.05) is 17.7 Å². The molecule has 0 heterocycles. The van der Waals surface area contributed by atoms with E-state index in [1.54, 1.807) is 30.3 Å². The normalized spacial score (nSPS) is 11.5. The average Bonchev–Trinajstić information content (AvgIpc) is 2.16. The second-order valence-electron chi connectivity index (χ2n) is 2.61. The van der Waals surface area contributed by atoms with Gasteiger partial charge in [0.2, 0.25) is 0 Å². The van der Waals surface area contributed by atoms with Crippen LogP contribution in [0.4, 0.5) is 5.69 Å². The molecule has 5 heteroatoms. The Morgan fingerprint density at radius 2 is 2.36 bits per heavy atom. The molecule has 0 saturated carbocycles. The van der Waals surface area contributed by atoms with E-state index in [1.165, 1.54) is 0 Å². The lowest BCUT2D eigenvalue weighted by Crippen LogP contribution is -2.33. The smallest absolute Gasteiger partial charge is 0.255 e. The van der Waals surface area contributed by atoms with Gasteiger partial charge in [-0.2, -0.15) is 5.26 Å². The van der Waals surface area contributed by atoms with Gasteiger partial charge in [-0.15, -0.1) is 0 Å². The molecule has 1 atom stereocenters. The Kier molecular flexibility index (Phi) is 3.46. The lowest BCUT2D eigenvalue weighted by Gasteiger charge is -2.05. The van der Waals surface area contributed by atoms with Gasteiger partial charge in [0, 0.05) is 10.7 Å². The monoisotopic (exact) mass is 209 g/mol. The molecule has 3 N–H and O–H groups in total. The Labute approximate surface area is 86.3 Å². The van der Waals surface area contributed by atoms with Crippen LogP contribution >= 0.6 is 11.6 Å². The highest BCUT2D eigenvalue weighted by Crippen LogP contribution is 2.14. The number of hydrogen-bond donors (Lipinski definition) is 2. The second-order valence-corrected chi connectivity index (χ2v) is 3.04. The van der Waals surface area contributed by atoms with E-state index < -0.39 is 11.9 Å². The fourth-order valence-electron chi connectivity index (χ4n) is 0.845. The first kappa shape index (κ1) is 10.5. The summed E-state index contributed by atoms with van der Waals surface area (Å²) in [5.41, 5.74) is 5.72. The van der Waals surface area contributed by atoms with E-state index in [2.05, 4.69) is 5.32 Å². The Morgan fingerprint density at radius 1 is 1.64 bits per heavy atom. The molecule has 0 aliphatic carbocycles. The minimum absolute atomic E-state index is 0.508. The van der Waals surface area contributed by atoms with Gasteiger partial charge in [0.05, 0.1) is 6.07 Å². The number of halogens is 1. The number of rotatable bonds is 2. The van der Waals surface area contributed by atoms with Crippen LogP contribution in [-0.2, 0) is 4.79 Å². The molecule has 1 amide bonds. The number of amides is 1. The zero-order valence-corrected chi connectivity index (χ0v) is 7.95. The highest BCUT2D eigenvalue weighted by atomic mass is 35.5. The molecule has 1 aromatic carbocycles. The highest BCUT2D eigenvalue weighted by molar-refractivity contribution is 6.30. The molecule has 0 aliphatic rings. The predicted molar refractivity (Wildman–Crippen MR) is 53.7 cm³/mol. The third kappa shape index (κ3) is 2.73. The molecule has 0 fully saturated rings. The average molecular weight is 210 g/mol. The van der Waals surface area contributed by atoms with Crippen molar-refractivity contribution in [2.75, 3.05) is 5.32 Å². The van der Waals surface area contributed by atoms with Gasteiger partial charge >= 0.3 is 0 Å². The van der Waals surface area contributed by atoms with Crippen molar-refractivity contribution in [2.45, 2.75) is 6.04 Å². The first-order valence-electron chi connectivity index (χ1n) is 3.85. The van der Waals surface area contributed by atoms with Crippen LogP contribution in [0.1, 0.15) is 0 Å². The molecule has 14 heavy (non-hydrogen) atoms. The van der Waals surface area contributed by atoms with Crippen LogP contribution in [0.15, 0.2) is 24.3 Å². The molecular weight excluding hydrogens is 202 g/mol. The highest BCUT2D eigenvalue weighted by Gasteiger charge is 2.11. The van der Waals surface area contributed by atoms with E-state index in [4.69, 9.17) is 22.6 Å². The van der Waals surface area contributed by atoms with E-state index in [0.29, 0.717) is 10.7 Å². The number of nitrogens with zero attached hydrogens (tertiary/aromatic N) is 1. The fourth-order valence-corrected chi connectivity index (χ4v) is 1.04. The van der Waals surface area contributed by atoms with E-state index in [0.717, 1.165) is 0 Å². The maximum atomic E-state index is 11.2. The van der Waals surface area contributed by atoms with Gasteiger partial charge in [-0.3, -0.25) is 4.79 Å². The van der Waals surface area contributed by atoms with Gasteiger partial charge in [0.25, 0.3) is 5.91 Å². The summed E-state index contributed by atoms with van der Waals surface area (Å²) < 4.78 is 0. The van der Waals surface area contributed by atoms with Crippen LogP contribution in [0.2, 0.25) is 5.02 Å². The van der Waals surface area contributed by atoms with Gasteiger partial charge in [-0.25, -0.2) is 0 Å². The summed E-state index contributed by atoms with van der Waals surface area (Å²) in [6.07, 6.45) is 0. The standard InChI is InChI=1S/C9H8ClN3O/c10-6-2-1-3-7(4-6)13-9(14)8(12)5-11/h1-4,8H,12H2,(H,13,14)/t8-/m1/s1. The lowest BCUT2D eigenvalue weighted by atomic mass is 10.3. The van der Waals surface area contributed by atoms with E-state index >= 15 is 0 Å². The zero-order chi connectivity index (χ0) is 10.6. The Bertz CT molecular complexity index is 386. The number of carbonyl (C=O) groups is 1. The van der Waals surface area contributed by atoms with Crippen molar-refractivity contribution >= 4 is 23.2 Å². The van der Waals surface area contributed by atoms with Gasteiger partial charge < -0.3 is 11.1 Å². The van der Waals surface area contributed by atoms with Crippen LogP contribution in [0, 0.1) is 11.3 Å². The molecule has 0 unspecified atom stereocenters. The molecule has 0 saturated heterocycles. The first-order valence-corrected chi connectivity index (χ1v) is 4.23. The molecule has 0 aromatic heterocycles. The SMILES string of the molecule is N#C[C@@H](N)C(=O)Nc1cccc(Cl)c1. The number of benzene rings is 1. The summed E-state index contributed by atoms with van der Waals surface area (Å²) in [5, 5.41) is 11.3. The minimum Gasteiger partial charge on any atom is -0.324 e. The van der Waals surface area contributed by atoms with Crippen molar-refractivity contribution in [2.24, 2.45) is 5.73 Å². The van der Waals surface area contributed by atoms with E-state index in [9.17, 15) is 4.79 Å². The van der Waals surface area contributed by atoms with E-state index in [-0.39, 0.29) is 0 Å². The molecule has 1 aromatic rings. The van der Waals surface area contributed by atoms with Crippen molar-refractivity contribution in [3.63, 3.8) is 0 Å². The molecule has 0 spiro atoms. The number of nitriles is 1. The van der Waals surface area contributed by atoms with Crippen LogP contribution < -0.4 is 11.1 Å². The van der Waals surface area contributed by atoms with Crippen molar-refractivity contribution in [3.8, 4) is 6.07 Å². The first-order chi connectivity index (χ1) is 6.63. The summed E-state index contributed by atoms with van der Waals surface area (Å²) in [6, 6.07) is 7.08. The summed E-state index contributed by atoms with van der Waals surface area (Å²) in [4.78, 5) is 11.2. The van der Waals surface area contributed by atoms with Crippen LogP contribution in [0.5, 0.6) is 0 Å². The van der Waals surface area contributed by atoms with Crippen LogP contribution in [0.25, 0.3) is 0 Å². The third-order valence-electron chi connectivity index (χ3n) is 1.51. The summed E-state index contributed by atoms with van der Waals surface area (Å²) in [5.74, 6) is -0.547. The third-order valence-corrected chi connectivity index (χ3v) is 1.75. The molecule has 1 rings (SSSR count). The van der Waals surface area contributed by atoms with Gasteiger partial charge in [0.1, 0.15) is 0 Å². The quantitative estimate of drug-likeness (QED) is 0.766. The van der Waals surface area contributed by atoms with Gasteiger partial charge in [0.15, 0.2) is 6.04 Å². The number of nitrogens with one attached hydrogen (secondary N) is 1. The van der Waals surface area contributed by atoms with Crippen molar-refractivity contribution in [3.05, 3.63) is 29.3 Å². The summed E-state index contributed by atoms with van der Waals surface area (Å²) in [7, 11) is 0. The topological polar surface area (TPSA) is 78.9 Å². The van der Waals surface area contributed by atoms with Crippen LogP contribution in [-0.4, -0.2) is 11.9 Å². The van der Waals surface area contributed by atoms with Gasteiger partial charge in [-0.05, 0) is 18.2 Å². The molecule has 4 nitrogen and oxygen atoms in total. The fraction of sp³-hybridized carbons (Fsp3) is 0.111. The molecule has 72 valence electrons. The minimum atomic E-state index is -1.16. The lowest BCUT2D eigenvalue weighted by molar-refractivity contribution is -0.116. The maximum absolute atomic E-state index is 11.2. The number of nitrogens with two attached hydrogens (primary N) is 1. The second kappa shape index (κ2) is 4.61. The van der Waals surface area contributed by atoms with E-state index in [1.807, 2.05) is 0 Å². The predicted octanol–water partition coefficient (Wildman–Crippen LogP) is 1.13. The number of carbonyl (C=O) groups excluding carboxylic acids is 1. The number of anilines is 1. The zero-order valence-electron chi connectivity index (χ0n) is 7.20. The summed E-state index contributed by atoms with van der Waals surface area (Å²) >= 11 is 5.69. The maximum Gasteiger partial charge on any atom is 0.255 e. The Morgan fingerprint density at radius 3 is 2.93 bits per heavy atom. The Hall–Kier alpha value is -1.57. The molecule has 0 bridgehead atoms. The largest absolute Gasteiger partial charge is 0.324 e. The van der Waals surface area contributed by atoms with Crippen molar-refractivity contribution in [1.82, 2.24) is 0 Å². The van der Waals surface area contributed by atoms with Crippen molar-refractivity contribution in [1.29, 1.82) is 5.26 Å². The Balaban J connectivity index is 2.71.